The van der Waals surface area contributed by atoms with E-state index >= 15 is 0 Å². The van der Waals surface area contributed by atoms with Crippen LogP contribution in [0.3, 0.4) is 0 Å². The maximum Gasteiger partial charge on any atom is 0.312 e. The topological polar surface area (TPSA) is 64.9 Å². The first-order valence-electron chi connectivity index (χ1n) is 4.60. The fourth-order valence-corrected chi connectivity index (χ4v) is 2.00. The van der Waals surface area contributed by atoms with Gasteiger partial charge in [0.1, 0.15) is 0 Å². The number of benzene rings is 1. The molecule has 0 unspecified atom stereocenters. The van der Waals surface area contributed by atoms with Crippen LogP contribution in [-0.4, -0.2) is 16.0 Å². The highest BCUT2D eigenvalue weighted by molar-refractivity contribution is 7.99. The summed E-state index contributed by atoms with van der Waals surface area (Å²) in [6.07, 6.45) is 0.740. The van der Waals surface area contributed by atoms with Crippen LogP contribution in [-0.2, 0) is 6.42 Å². The molecule has 0 fully saturated rings. The fourth-order valence-electron chi connectivity index (χ4n) is 1.14. The molecule has 0 atom stereocenters. The molecule has 15 heavy (non-hydrogen) atoms. The van der Waals surface area contributed by atoms with E-state index in [1.54, 1.807) is 11.8 Å². The molecule has 0 aliphatic rings. The Kier molecular flexibility index (Phi) is 3.24. The highest BCUT2D eigenvalue weighted by atomic mass is 32.2. The second-order valence-corrected chi connectivity index (χ2v) is 4.11. The maximum atomic E-state index is 5.31. The first-order valence-corrected chi connectivity index (χ1v) is 5.59. The molecular formula is C10H11N3OS. The number of hydrogen-bond acceptors (Lipinski definition) is 5. The minimum Gasteiger partial charge on any atom is -0.408 e. The van der Waals surface area contributed by atoms with Crippen molar-refractivity contribution in [2.45, 2.75) is 11.3 Å². The van der Waals surface area contributed by atoms with Crippen molar-refractivity contribution in [2.75, 3.05) is 11.5 Å². The average Bonchev–Trinajstić information content (AvgIpc) is 2.66. The molecule has 0 amide bonds. The largest absolute Gasteiger partial charge is 0.408 e. The molecule has 0 aliphatic carbocycles. The molecule has 5 heteroatoms. The lowest BCUT2D eigenvalue weighted by atomic mass is 10.4. The zero-order valence-electron chi connectivity index (χ0n) is 8.09. The molecule has 2 rings (SSSR count). The van der Waals surface area contributed by atoms with Crippen molar-refractivity contribution < 1.29 is 4.42 Å². The summed E-state index contributed by atoms with van der Waals surface area (Å²) in [5, 5.41) is 7.39. The second kappa shape index (κ2) is 4.84. The number of nitrogens with zero attached hydrogens (tertiary/aromatic N) is 2. The predicted molar refractivity (Wildman–Crippen MR) is 59.6 cm³/mol. The molecule has 0 spiro atoms. The summed E-state index contributed by atoms with van der Waals surface area (Å²) in [7, 11) is 0. The lowest BCUT2D eigenvalue weighted by Gasteiger charge is -1.97. The molecule has 0 bridgehead atoms. The van der Waals surface area contributed by atoms with E-state index in [9.17, 15) is 0 Å². The first-order chi connectivity index (χ1) is 7.34. The van der Waals surface area contributed by atoms with Crippen LogP contribution in [0, 0.1) is 0 Å². The molecule has 0 saturated carbocycles. The van der Waals surface area contributed by atoms with Crippen LogP contribution in [0.25, 0.3) is 0 Å². The highest BCUT2D eigenvalue weighted by Crippen LogP contribution is 2.18. The summed E-state index contributed by atoms with van der Waals surface area (Å²) < 4.78 is 5.06. The number of hydrogen-bond donors (Lipinski definition) is 1. The van der Waals surface area contributed by atoms with Crippen LogP contribution in [0.5, 0.6) is 0 Å². The number of nitrogens with two attached hydrogens (primary N) is 1. The summed E-state index contributed by atoms with van der Waals surface area (Å²) in [5.74, 6) is 1.50. The maximum absolute atomic E-state index is 5.31. The normalized spacial score (nSPS) is 10.4. The minimum absolute atomic E-state index is 0.134. The Morgan fingerprint density at radius 1 is 1.20 bits per heavy atom. The van der Waals surface area contributed by atoms with Gasteiger partial charge < -0.3 is 10.2 Å². The Morgan fingerprint density at radius 3 is 2.67 bits per heavy atom. The van der Waals surface area contributed by atoms with Crippen molar-refractivity contribution in [3.8, 4) is 0 Å². The number of thioether (sulfide) groups is 1. The van der Waals surface area contributed by atoms with Crippen LogP contribution in [0.2, 0.25) is 0 Å². The van der Waals surface area contributed by atoms with E-state index in [1.807, 2.05) is 18.2 Å². The van der Waals surface area contributed by atoms with Gasteiger partial charge in [0.15, 0.2) is 0 Å². The SMILES string of the molecule is Nc1nnc(CCSc2ccccc2)o1. The summed E-state index contributed by atoms with van der Waals surface area (Å²) in [6, 6.07) is 10.3. The molecule has 1 aromatic carbocycles. The summed E-state index contributed by atoms with van der Waals surface area (Å²) in [4.78, 5) is 1.24. The summed E-state index contributed by atoms with van der Waals surface area (Å²) in [5.41, 5.74) is 5.31. The zero-order chi connectivity index (χ0) is 10.5. The van der Waals surface area contributed by atoms with Crippen LogP contribution in [0.1, 0.15) is 5.89 Å². The standard InChI is InChI=1S/C10H11N3OS/c11-10-13-12-9(14-10)6-7-15-8-4-2-1-3-5-8/h1-5H,6-7H2,(H2,11,13). The van der Waals surface area contributed by atoms with Crippen molar-refractivity contribution in [1.82, 2.24) is 10.2 Å². The molecular weight excluding hydrogens is 210 g/mol. The van der Waals surface area contributed by atoms with Gasteiger partial charge in [-0.1, -0.05) is 23.3 Å². The van der Waals surface area contributed by atoms with E-state index in [0.29, 0.717) is 5.89 Å². The van der Waals surface area contributed by atoms with E-state index in [4.69, 9.17) is 10.2 Å². The monoisotopic (exact) mass is 221 g/mol. The Hall–Kier alpha value is -1.49. The van der Waals surface area contributed by atoms with Gasteiger partial charge in [0.25, 0.3) is 0 Å². The van der Waals surface area contributed by atoms with Crippen LogP contribution in [0.15, 0.2) is 39.6 Å². The van der Waals surface area contributed by atoms with Gasteiger partial charge in [0.2, 0.25) is 5.89 Å². The molecule has 2 N–H and O–H groups in total. The molecule has 0 radical (unpaired) electrons. The van der Waals surface area contributed by atoms with Crippen molar-refractivity contribution in [1.29, 1.82) is 0 Å². The van der Waals surface area contributed by atoms with Crippen molar-refractivity contribution >= 4 is 17.8 Å². The average molecular weight is 221 g/mol. The first kappa shape index (κ1) is 10.0. The Morgan fingerprint density at radius 2 is 2.00 bits per heavy atom. The molecule has 0 saturated heterocycles. The van der Waals surface area contributed by atoms with E-state index in [2.05, 4.69) is 22.3 Å². The van der Waals surface area contributed by atoms with Crippen LogP contribution >= 0.6 is 11.8 Å². The van der Waals surface area contributed by atoms with Gasteiger partial charge in [-0.2, -0.15) is 0 Å². The summed E-state index contributed by atoms with van der Waals surface area (Å²) >= 11 is 1.76. The number of rotatable bonds is 4. The smallest absolute Gasteiger partial charge is 0.312 e. The molecule has 1 aromatic heterocycles. The molecule has 0 aliphatic heterocycles. The molecule has 78 valence electrons. The van der Waals surface area contributed by atoms with Crippen molar-refractivity contribution in [3.63, 3.8) is 0 Å². The number of aromatic nitrogens is 2. The molecule has 1 heterocycles. The second-order valence-electron chi connectivity index (χ2n) is 2.95. The third-order valence-corrected chi connectivity index (χ3v) is 2.82. The molecule has 4 nitrogen and oxygen atoms in total. The predicted octanol–water partition coefficient (Wildman–Crippen LogP) is 1.99. The van der Waals surface area contributed by atoms with E-state index in [1.165, 1.54) is 4.90 Å². The minimum atomic E-state index is 0.134. The lowest BCUT2D eigenvalue weighted by Crippen LogP contribution is -1.88. The number of anilines is 1. The Balaban J connectivity index is 1.80. The third kappa shape index (κ3) is 2.99. The third-order valence-electron chi connectivity index (χ3n) is 1.81. The van der Waals surface area contributed by atoms with E-state index in [0.717, 1.165) is 12.2 Å². The number of nitrogen functional groups attached to an aromatic ring is 1. The Labute approximate surface area is 91.9 Å². The van der Waals surface area contributed by atoms with Crippen LogP contribution < -0.4 is 5.73 Å². The van der Waals surface area contributed by atoms with Gasteiger partial charge in [-0.15, -0.1) is 16.9 Å². The van der Waals surface area contributed by atoms with E-state index < -0.39 is 0 Å². The molecule has 2 aromatic rings. The quantitative estimate of drug-likeness (QED) is 0.800. The van der Waals surface area contributed by atoms with Gasteiger partial charge in [-0.25, -0.2) is 0 Å². The highest BCUT2D eigenvalue weighted by Gasteiger charge is 2.02. The zero-order valence-corrected chi connectivity index (χ0v) is 8.91. The fraction of sp³-hybridized carbons (Fsp3) is 0.200. The van der Waals surface area contributed by atoms with Gasteiger partial charge in [-0.3, -0.25) is 0 Å². The number of aryl methyl sites for hydroxylation is 1. The van der Waals surface area contributed by atoms with Gasteiger partial charge in [0, 0.05) is 17.1 Å². The Bertz CT molecular complexity index is 416. The van der Waals surface area contributed by atoms with Gasteiger partial charge >= 0.3 is 6.01 Å². The van der Waals surface area contributed by atoms with Crippen molar-refractivity contribution in [3.05, 3.63) is 36.2 Å². The summed E-state index contributed by atoms with van der Waals surface area (Å²) in [6.45, 7) is 0. The van der Waals surface area contributed by atoms with Crippen LogP contribution in [0.4, 0.5) is 6.01 Å². The lowest BCUT2D eigenvalue weighted by molar-refractivity contribution is 0.518. The van der Waals surface area contributed by atoms with Gasteiger partial charge in [0.05, 0.1) is 0 Å². The van der Waals surface area contributed by atoms with Crippen molar-refractivity contribution in [2.24, 2.45) is 0 Å². The van der Waals surface area contributed by atoms with Gasteiger partial charge in [-0.05, 0) is 12.1 Å². The van der Waals surface area contributed by atoms with E-state index in [-0.39, 0.29) is 6.01 Å².